The number of amides is 2. The Balaban J connectivity index is 1.46. The van der Waals surface area contributed by atoms with Crippen molar-refractivity contribution in [3.8, 4) is 17.3 Å². The Morgan fingerprint density at radius 3 is 2.61 bits per heavy atom. The smallest absolute Gasteiger partial charge is 0.259 e. The molecular formula is C24H29N5O4. The summed E-state index contributed by atoms with van der Waals surface area (Å²) in [6, 6.07) is 5.64. The van der Waals surface area contributed by atoms with E-state index in [1.807, 2.05) is 29.8 Å². The van der Waals surface area contributed by atoms with Crippen molar-refractivity contribution >= 4 is 28.5 Å². The van der Waals surface area contributed by atoms with Crippen molar-refractivity contribution in [2.24, 2.45) is 20.0 Å². The average Bonchev–Trinajstić information content (AvgIpc) is 3.53. The summed E-state index contributed by atoms with van der Waals surface area (Å²) in [4.78, 5) is 31.9. The quantitative estimate of drug-likeness (QED) is 0.635. The molecule has 174 valence electrons. The summed E-state index contributed by atoms with van der Waals surface area (Å²) < 4.78 is 8.94. The molecule has 1 aromatic carbocycles. The van der Waals surface area contributed by atoms with Crippen LogP contribution in [-0.2, 0) is 23.6 Å². The number of anilines is 1. The van der Waals surface area contributed by atoms with Crippen molar-refractivity contribution in [3.05, 3.63) is 30.0 Å². The lowest BCUT2D eigenvalue weighted by atomic mass is 10.1. The van der Waals surface area contributed by atoms with Crippen LogP contribution in [0.5, 0.6) is 5.75 Å². The summed E-state index contributed by atoms with van der Waals surface area (Å²) in [5, 5.41) is 14.0. The number of aromatic hydroxyl groups is 1. The lowest BCUT2D eigenvalue weighted by Crippen LogP contribution is -2.40. The Morgan fingerprint density at radius 1 is 1.15 bits per heavy atom. The molecule has 1 saturated heterocycles. The van der Waals surface area contributed by atoms with E-state index in [1.165, 1.54) is 0 Å². The number of hydrogen-bond acceptors (Lipinski definition) is 5. The number of hydrogen-bond donors (Lipinski definition) is 2. The summed E-state index contributed by atoms with van der Waals surface area (Å²) in [6.45, 7) is 2.00. The number of carbonyl (C=O) groups excluding carboxylic acids is 2. The number of nitrogens with one attached hydrogen (secondary N) is 1. The van der Waals surface area contributed by atoms with Gasteiger partial charge < -0.3 is 29.2 Å². The van der Waals surface area contributed by atoms with E-state index >= 15 is 0 Å². The molecule has 0 radical (unpaired) electrons. The normalized spacial score (nSPS) is 17.1. The lowest BCUT2D eigenvalue weighted by Gasteiger charge is -2.26. The van der Waals surface area contributed by atoms with Crippen molar-refractivity contribution in [1.82, 2.24) is 19.0 Å². The number of nitrogens with zero attached hydrogens (tertiary/aromatic N) is 4. The number of carbonyl (C=O) groups is 2. The summed E-state index contributed by atoms with van der Waals surface area (Å²) in [7, 11) is 3.66. The molecule has 33 heavy (non-hydrogen) atoms. The van der Waals surface area contributed by atoms with Crippen LogP contribution in [0.1, 0.15) is 36.0 Å². The number of morpholine rings is 1. The van der Waals surface area contributed by atoms with Crippen LogP contribution in [0.25, 0.3) is 22.6 Å². The predicted octanol–water partition coefficient (Wildman–Crippen LogP) is 2.89. The zero-order valence-electron chi connectivity index (χ0n) is 19.0. The van der Waals surface area contributed by atoms with E-state index in [1.54, 1.807) is 22.7 Å². The van der Waals surface area contributed by atoms with Crippen LogP contribution in [0.3, 0.4) is 0 Å². The molecule has 3 heterocycles. The summed E-state index contributed by atoms with van der Waals surface area (Å²) >= 11 is 0. The number of imidazole rings is 1. The second kappa shape index (κ2) is 8.55. The molecule has 2 amide bonds. The molecule has 0 atom stereocenters. The van der Waals surface area contributed by atoms with Crippen LogP contribution < -0.4 is 5.32 Å². The van der Waals surface area contributed by atoms with Gasteiger partial charge in [-0.1, -0.05) is 12.8 Å². The molecule has 0 bridgehead atoms. The Kier molecular flexibility index (Phi) is 5.57. The highest BCUT2D eigenvalue weighted by atomic mass is 16.5. The second-order valence-corrected chi connectivity index (χ2v) is 8.92. The van der Waals surface area contributed by atoms with Crippen molar-refractivity contribution in [2.75, 3.05) is 31.6 Å². The fraction of sp³-hybridized carbons (Fsp3) is 0.458. The monoisotopic (exact) mass is 451 g/mol. The topological polar surface area (TPSA) is 102 Å². The third kappa shape index (κ3) is 3.86. The Labute approximate surface area is 192 Å². The van der Waals surface area contributed by atoms with E-state index in [0.29, 0.717) is 49.0 Å². The number of aryl methyl sites for hydroxylation is 2. The van der Waals surface area contributed by atoms with Gasteiger partial charge in [-0.3, -0.25) is 9.59 Å². The zero-order chi connectivity index (χ0) is 23.1. The molecule has 2 N–H and O–H groups in total. The molecular weight excluding hydrogens is 422 g/mol. The van der Waals surface area contributed by atoms with E-state index in [4.69, 9.17) is 9.72 Å². The van der Waals surface area contributed by atoms with Gasteiger partial charge in [-0.05, 0) is 31.0 Å². The second-order valence-electron chi connectivity index (χ2n) is 8.92. The fourth-order valence-corrected chi connectivity index (χ4v) is 4.89. The van der Waals surface area contributed by atoms with Gasteiger partial charge in [-0.25, -0.2) is 4.98 Å². The standard InChI is InChI=1S/C24H29N5O4/c1-27-14-17(24(32)29-9-11-33-12-10-29)21(30)20(27)22-26-18-13-16(7-8-19(18)28(22)2)25-23(31)15-5-3-4-6-15/h7-8,13-15,30H,3-6,9-12H2,1-2H3,(H,25,31). The van der Waals surface area contributed by atoms with Gasteiger partial charge in [0, 0.05) is 45.0 Å². The highest BCUT2D eigenvalue weighted by molar-refractivity contribution is 5.99. The van der Waals surface area contributed by atoms with Gasteiger partial charge in [0.1, 0.15) is 5.69 Å². The molecule has 0 spiro atoms. The first-order valence-corrected chi connectivity index (χ1v) is 11.5. The fourth-order valence-electron chi connectivity index (χ4n) is 4.89. The molecule has 9 nitrogen and oxygen atoms in total. The number of ether oxygens (including phenoxy) is 1. The maximum absolute atomic E-state index is 13.0. The van der Waals surface area contributed by atoms with Crippen molar-refractivity contribution in [3.63, 3.8) is 0 Å². The SMILES string of the molecule is Cn1cc(C(=O)N2CCOCC2)c(O)c1-c1nc2cc(NC(=O)C3CCCC3)ccc2n1C. The van der Waals surface area contributed by atoms with E-state index in [9.17, 15) is 14.7 Å². The first kappa shape index (κ1) is 21.5. The van der Waals surface area contributed by atoms with Gasteiger partial charge in [-0.2, -0.15) is 0 Å². The molecule has 3 aromatic rings. The van der Waals surface area contributed by atoms with Crippen LogP contribution in [0, 0.1) is 5.92 Å². The van der Waals surface area contributed by atoms with Crippen molar-refractivity contribution in [1.29, 1.82) is 0 Å². The Hall–Kier alpha value is -3.33. The van der Waals surface area contributed by atoms with Crippen LogP contribution in [0.4, 0.5) is 5.69 Å². The van der Waals surface area contributed by atoms with Gasteiger partial charge in [0.15, 0.2) is 11.6 Å². The number of rotatable bonds is 4. The van der Waals surface area contributed by atoms with Crippen molar-refractivity contribution < 1.29 is 19.4 Å². The molecule has 1 aliphatic carbocycles. The van der Waals surface area contributed by atoms with E-state index in [-0.39, 0.29) is 29.0 Å². The number of fused-ring (bicyclic) bond motifs is 1. The lowest BCUT2D eigenvalue weighted by molar-refractivity contribution is -0.119. The maximum Gasteiger partial charge on any atom is 0.259 e. The molecule has 2 fully saturated rings. The molecule has 0 unspecified atom stereocenters. The summed E-state index contributed by atoms with van der Waals surface area (Å²) in [6.07, 6.45) is 5.75. The third-order valence-corrected chi connectivity index (χ3v) is 6.77. The number of benzene rings is 1. The number of aromatic nitrogens is 3. The largest absolute Gasteiger partial charge is 0.505 e. The minimum absolute atomic E-state index is 0.0642. The Bertz CT molecular complexity index is 1220. The van der Waals surface area contributed by atoms with Gasteiger partial charge in [0.25, 0.3) is 5.91 Å². The molecule has 2 aliphatic rings. The van der Waals surface area contributed by atoms with Gasteiger partial charge in [0.2, 0.25) is 5.91 Å². The maximum atomic E-state index is 13.0. The first-order chi connectivity index (χ1) is 15.9. The van der Waals surface area contributed by atoms with Gasteiger partial charge in [0.05, 0.1) is 29.8 Å². The van der Waals surface area contributed by atoms with Gasteiger partial charge in [-0.15, -0.1) is 0 Å². The van der Waals surface area contributed by atoms with Crippen LogP contribution >= 0.6 is 0 Å². The predicted molar refractivity (Wildman–Crippen MR) is 124 cm³/mol. The average molecular weight is 452 g/mol. The van der Waals surface area contributed by atoms with E-state index in [2.05, 4.69) is 5.32 Å². The van der Waals surface area contributed by atoms with E-state index in [0.717, 1.165) is 31.2 Å². The van der Waals surface area contributed by atoms with Crippen LogP contribution in [-0.4, -0.2) is 62.2 Å². The first-order valence-electron chi connectivity index (χ1n) is 11.5. The zero-order valence-corrected chi connectivity index (χ0v) is 19.0. The van der Waals surface area contributed by atoms with Crippen LogP contribution in [0.2, 0.25) is 0 Å². The molecule has 2 aromatic heterocycles. The van der Waals surface area contributed by atoms with Crippen molar-refractivity contribution in [2.45, 2.75) is 25.7 Å². The molecule has 9 heteroatoms. The highest BCUT2D eigenvalue weighted by Gasteiger charge is 2.28. The highest BCUT2D eigenvalue weighted by Crippen LogP contribution is 2.36. The molecule has 1 aliphatic heterocycles. The van der Waals surface area contributed by atoms with Crippen LogP contribution in [0.15, 0.2) is 24.4 Å². The minimum Gasteiger partial charge on any atom is -0.505 e. The minimum atomic E-state index is -0.215. The summed E-state index contributed by atoms with van der Waals surface area (Å²) in [5.41, 5.74) is 3.01. The summed E-state index contributed by atoms with van der Waals surface area (Å²) in [5.74, 6) is 0.401. The van der Waals surface area contributed by atoms with Gasteiger partial charge >= 0.3 is 0 Å². The third-order valence-electron chi connectivity index (χ3n) is 6.77. The molecule has 5 rings (SSSR count). The Morgan fingerprint density at radius 2 is 1.88 bits per heavy atom. The molecule has 1 saturated carbocycles. The van der Waals surface area contributed by atoms with E-state index < -0.39 is 0 Å².